The van der Waals surface area contributed by atoms with Gasteiger partial charge in [0.15, 0.2) is 5.57 Å². The van der Waals surface area contributed by atoms with E-state index in [-0.39, 0.29) is 11.4 Å². The summed E-state index contributed by atoms with van der Waals surface area (Å²) in [5.74, 6) is 0.199. The summed E-state index contributed by atoms with van der Waals surface area (Å²) in [6, 6.07) is 3.37. The van der Waals surface area contributed by atoms with Crippen LogP contribution in [0.2, 0.25) is 0 Å². The van der Waals surface area contributed by atoms with E-state index in [1.807, 2.05) is 0 Å². The lowest BCUT2D eigenvalue weighted by atomic mass is 10.3. The highest BCUT2D eigenvalue weighted by atomic mass is 15.1. The summed E-state index contributed by atoms with van der Waals surface area (Å²) in [6.07, 6.45) is 0. The number of rotatable bonds is 1. The summed E-state index contributed by atoms with van der Waals surface area (Å²) in [6.45, 7) is 0. The van der Waals surface area contributed by atoms with Gasteiger partial charge in [-0.1, -0.05) is 0 Å². The van der Waals surface area contributed by atoms with Crippen molar-refractivity contribution < 1.29 is 0 Å². The molecular formula is C6H8N4. The zero-order chi connectivity index (χ0) is 8.15. The van der Waals surface area contributed by atoms with Crippen molar-refractivity contribution in [3.8, 4) is 12.1 Å². The van der Waals surface area contributed by atoms with Crippen LogP contribution in [-0.4, -0.2) is 19.0 Å². The molecule has 0 fully saturated rings. The molecule has 0 unspecified atom stereocenters. The molecule has 4 heteroatoms. The van der Waals surface area contributed by atoms with Gasteiger partial charge in [0.1, 0.15) is 18.0 Å². The number of nitrogens with zero attached hydrogens (tertiary/aromatic N) is 3. The van der Waals surface area contributed by atoms with E-state index in [4.69, 9.17) is 16.3 Å². The van der Waals surface area contributed by atoms with Crippen LogP contribution in [0.4, 0.5) is 0 Å². The molecule has 0 aliphatic carbocycles. The Balaban J connectivity index is 4.70. The molecule has 0 radical (unpaired) electrons. The van der Waals surface area contributed by atoms with Gasteiger partial charge in [0.2, 0.25) is 0 Å². The largest absolute Gasteiger partial charge is 0.384 e. The molecule has 0 aromatic heterocycles. The summed E-state index contributed by atoms with van der Waals surface area (Å²) in [7, 11) is 3.34. The van der Waals surface area contributed by atoms with Gasteiger partial charge in [0.25, 0.3) is 0 Å². The van der Waals surface area contributed by atoms with E-state index in [1.165, 1.54) is 4.90 Å². The molecule has 0 aliphatic heterocycles. The molecule has 0 saturated carbocycles. The van der Waals surface area contributed by atoms with E-state index in [1.54, 1.807) is 26.2 Å². The monoisotopic (exact) mass is 136 g/mol. The molecule has 0 aromatic carbocycles. The Hall–Kier alpha value is -1.68. The average Bonchev–Trinajstić information content (AvgIpc) is 1.90. The predicted molar refractivity (Wildman–Crippen MR) is 36.1 cm³/mol. The molecule has 0 aliphatic rings. The van der Waals surface area contributed by atoms with Gasteiger partial charge in [-0.15, -0.1) is 0 Å². The van der Waals surface area contributed by atoms with Crippen molar-refractivity contribution in [3.05, 3.63) is 11.4 Å². The predicted octanol–water partition coefficient (Wildman–Crippen LogP) is -0.235. The van der Waals surface area contributed by atoms with Gasteiger partial charge in [-0.2, -0.15) is 10.5 Å². The van der Waals surface area contributed by atoms with Crippen LogP contribution in [0.1, 0.15) is 0 Å². The zero-order valence-electron chi connectivity index (χ0n) is 5.92. The van der Waals surface area contributed by atoms with Crippen LogP contribution in [0.25, 0.3) is 0 Å². The highest BCUT2D eigenvalue weighted by Gasteiger charge is 2.01. The van der Waals surface area contributed by atoms with Gasteiger partial charge in [-0.25, -0.2) is 0 Å². The first-order valence-electron chi connectivity index (χ1n) is 2.60. The van der Waals surface area contributed by atoms with E-state index in [2.05, 4.69) is 0 Å². The highest BCUT2D eigenvalue weighted by molar-refractivity contribution is 5.38. The summed E-state index contributed by atoms with van der Waals surface area (Å²) in [5, 5.41) is 16.6. The molecule has 0 heterocycles. The van der Waals surface area contributed by atoms with Crippen LogP contribution >= 0.6 is 0 Å². The molecule has 0 bridgehead atoms. The van der Waals surface area contributed by atoms with Crippen LogP contribution in [0, 0.1) is 22.7 Å². The van der Waals surface area contributed by atoms with E-state index in [0.717, 1.165) is 0 Å². The van der Waals surface area contributed by atoms with Gasteiger partial charge < -0.3 is 10.6 Å². The molecule has 0 saturated heterocycles. The van der Waals surface area contributed by atoms with E-state index in [9.17, 15) is 0 Å². The third kappa shape index (κ3) is 1.68. The Morgan fingerprint density at radius 3 is 1.80 bits per heavy atom. The maximum absolute atomic E-state index is 8.31. The molecule has 2 N–H and O–H groups in total. The normalized spacial score (nSPS) is 7.20. The lowest BCUT2D eigenvalue weighted by molar-refractivity contribution is 0.503. The summed E-state index contributed by atoms with van der Waals surface area (Å²) < 4.78 is 0. The van der Waals surface area contributed by atoms with Gasteiger partial charge >= 0.3 is 0 Å². The lowest BCUT2D eigenvalue weighted by Crippen LogP contribution is -2.20. The smallest absolute Gasteiger partial charge is 0.169 e. The topological polar surface area (TPSA) is 76.8 Å². The Morgan fingerprint density at radius 2 is 1.70 bits per heavy atom. The Morgan fingerprint density at radius 1 is 1.30 bits per heavy atom. The SMILES string of the molecule is CN(C)C(N)=C(C#N)C#N. The van der Waals surface area contributed by atoms with Crippen molar-refractivity contribution >= 4 is 0 Å². The fourth-order valence-electron chi connectivity index (χ4n) is 0.363. The maximum Gasteiger partial charge on any atom is 0.169 e. The molecule has 52 valence electrons. The van der Waals surface area contributed by atoms with E-state index in [0.29, 0.717) is 0 Å². The van der Waals surface area contributed by atoms with Crippen molar-refractivity contribution in [2.45, 2.75) is 0 Å². The van der Waals surface area contributed by atoms with Gasteiger partial charge in [0.05, 0.1) is 0 Å². The average molecular weight is 136 g/mol. The van der Waals surface area contributed by atoms with Crippen LogP contribution in [0.15, 0.2) is 11.4 Å². The molecule has 0 aromatic rings. The van der Waals surface area contributed by atoms with E-state index < -0.39 is 0 Å². The molecular weight excluding hydrogens is 128 g/mol. The minimum Gasteiger partial charge on any atom is -0.384 e. The second-order valence-electron chi connectivity index (χ2n) is 1.88. The first kappa shape index (κ1) is 8.32. The maximum atomic E-state index is 8.31. The highest BCUT2D eigenvalue weighted by Crippen LogP contribution is 1.96. The van der Waals surface area contributed by atoms with Crippen molar-refractivity contribution in [3.63, 3.8) is 0 Å². The van der Waals surface area contributed by atoms with Crippen LogP contribution in [0.5, 0.6) is 0 Å². The number of hydrogen-bond acceptors (Lipinski definition) is 4. The zero-order valence-corrected chi connectivity index (χ0v) is 5.92. The summed E-state index contributed by atoms with van der Waals surface area (Å²) in [5.41, 5.74) is 5.29. The van der Waals surface area contributed by atoms with Gasteiger partial charge in [-0.3, -0.25) is 0 Å². The standard InChI is InChI=1S/C6H8N4/c1-10(2)6(9)5(3-7)4-8/h9H2,1-2H3. The Bertz CT molecular complexity index is 209. The third-order valence-corrected chi connectivity index (χ3v) is 0.962. The Kier molecular flexibility index (Phi) is 2.80. The number of hydrogen-bond donors (Lipinski definition) is 1. The Labute approximate surface area is 59.8 Å². The fourth-order valence-corrected chi connectivity index (χ4v) is 0.363. The van der Waals surface area contributed by atoms with Crippen molar-refractivity contribution in [2.75, 3.05) is 14.1 Å². The molecule has 10 heavy (non-hydrogen) atoms. The van der Waals surface area contributed by atoms with Gasteiger partial charge in [-0.05, 0) is 0 Å². The summed E-state index contributed by atoms with van der Waals surface area (Å²) in [4.78, 5) is 1.52. The quantitative estimate of drug-likeness (QED) is 0.505. The van der Waals surface area contributed by atoms with Crippen LogP contribution in [-0.2, 0) is 0 Å². The number of allylic oxidation sites excluding steroid dienone is 1. The first-order valence-corrected chi connectivity index (χ1v) is 2.60. The van der Waals surface area contributed by atoms with Crippen molar-refractivity contribution in [1.82, 2.24) is 4.90 Å². The first-order chi connectivity index (χ1) is 4.63. The number of nitriles is 2. The molecule has 0 atom stereocenters. The van der Waals surface area contributed by atoms with Gasteiger partial charge in [0, 0.05) is 14.1 Å². The second kappa shape index (κ2) is 3.37. The minimum absolute atomic E-state index is 0.0509. The molecule has 0 rings (SSSR count). The molecule has 4 nitrogen and oxygen atoms in total. The summed E-state index contributed by atoms with van der Waals surface area (Å²) >= 11 is 0. The fraction of sp³-hybridized carbons (Fsp3) is 0.333. The lowest BCUT2D eigenvalue weighted by Gasteiger charge is -2.10. The van der Waals surface area contributed by atoms with Crippen LogP contribution < -0.4 is 5.73 Å². The van der Waals surface area contributed by atoms with E-state index >= 15 is 0 Å². The molecule has 0 spiro atoms. The third-order valence-electron chi connectivity index (χ3n) is 0.962. The minimum atomic E-state index is -0.0509. The van der Waals surface area contributed by atoms with Crippen LogP contribution in [0.3, 0.4) is 0 Å². The van der Waals surface area contributed by atoms with Crippen molar-refractivity contribution in [1.29, 1.82) is 10.5 Å². The molecule has 0 amide bonds. The number of nitrogens with two attached hydrogens (primary N) is 1. The van der Waals surface area contributed by atoms with Crippen molar-refractivity contribution in [2.24, 2.45) is 5.73 Å². The second-order valence-corrected chi connectivity index (χ2v) is 1.88.